The zero-order valence-electron chi connectivity index (χ0n) is 15.6. The van der Waals surface area contributed by atoms with Gasteiger partial charge in [-0.15, -0.1) is 0 Å². The Kier molecular flexibility index (Phi) is 7.04. The molecule has 8 heteroatoms. The van der Waals surface area contributed by atoms with E-state index in [2.05, 4.69) is 0 Å². The number of hydrogen-bond acceptors (Lipinski definition) is 4. The summed E-state index contributed by atoms with van der Waals surface area (Å²) in [5, 5.41) is 0.557. The first kappa shape index (κ1) is 21.0. The minimum atomic E-state index is -0.892. The van der Waals surface area contributed by atoms with E-state index in [1.165, 1.54) is 4.90 Å². The third kappa shape index (κ3) is 5.67. The van der Waals surface area contributed by atoms with Gasteiger partial charge in [-0.2, -0.15) is 0 Å². The molecular weight excluding hydrogens is 404 g/mol. The van der Waals surface area contributed by atoms with Gasteiger partial charge in [-0.1, -0.05) is 17.7 Å². The number of rotatable bonds is 6. The molecule has 0 N–H and O–H groups in total. The average Bonchev–Trinajstić information content (AvgIpc) is 2.71. The number of nitrogens with zero attached hydrogens (tertiary/aromatic N) is 1. The lowest BCUT2D eigenvalue weighted by Gasteiger charge is -2.31. The zero-order chi connectivity index (χ0) is 20.8. The molecule has 29 heavy (non-hydrogen) atoms. The van der Waals surface area contributed by atoms with Crippen LogP contribution in [0.4, 0.5) is 8.78 Å². The molecule has 0 spiro atoms. The first-order valence-electron chi connectivity index (χ1n) is 9.23. The maximum Gasteiger partial charge on any atom is 0.309 e. The van der Waals surface area contributed by atoms with Gasteiger partial charge in [0, 0.05) is 24.2 Å². The Balaban J connectivity index is 1.41. The number of hydrogen-bond donors (Lipinski definition) is 0. The number of likely N-dealkylation sites (tertiary alicyclic amines) is 1. The summed E-state index contributed by atoms with van der Waals surface area (Å²) in [5.41, 5.74) is -0.175. The maximum atomic E-state index is 13.8. The molecule has 1 fully saturated rings. The fourth-order valence-electron chi connectivity index (χ4n) is 3.13. The normalized spacial score (nSPS) is 14.5. The summed E-state index contributed by atoms with van der Waals surface area (Å²) in [6.07, 6.45) is 0.838. The summed E-state index contributed by atoms with van der Waals surface area (Å²) in [4.78, 5) is 26.1. The summed E-state index contributed by atoms with van der Waals surface area (Å²) in [6, 6.07) is 9.78. The summed E-state index contributed by atoms with van der Waals surface area (Å²) in [7, 11) is 0. The van der Waals surface area contributed by atoms with Crippen LogP contribution in [-0.4, -0.2) is 43.1 Å². The summed E-state index contributed by atoms with van der Waals surface area (Å²) >= 11 is 5.87. The molecule has 0 bridgehead atoms. The maximum absolute atomic E-state index is 13.8. The van der Waals surface area contributed by atoms with Crippen molar-refractivity contribution in [2.45, 2.75) is 12.8 Å². The van der Waals surface area contributed by atoms with Crippen LogP contribution in [0.5, 0.6) is 5.75 Å². The van der Waals surface area contributed by atoms with Crippen LogP contribution in [0, 0.1) is 17.6 Å². The third-order valence-corrected chi connectivity index (χ3v) is 4.90. The first-order valence-corrected chi connectivity index (χ1v) is 9.61. The number of halogens is 3. The summed E-state index contributed by atoms with van der Waals surface area (Å²) in [5.74, 6) is -2.23. The van der Waals surface area contributed by atoms with E-state index in [0.717, 1.165) is 12.1 Å². The van der Waals surface area contributed by atoms with Gasteiger partial charge in [0.25, 0.3) is 5.91 Å². The largest absolute Gasteiger partial charge is 0.490 e. The fraction of sp³-hybridized carbons (Fsp3) is 0.333. The van der Waals surface area contributed by atoms with Crippen molar-refractivity contribution in [1.29, 1.82) is 0 Å². The second kappa shape index (κ2) is 9.69. The lowest BCUT2D eigenvalue weighted by Crippen LogP contribution is -2.41. The van der Waals surface area contributed by atoms with E-state index in [4.69, 9.17) is 21.1 Å². The highest BCUT2D eigenvalue weighted by atomic mass is 35.5. The Hall–Kier alpha value is -2.67. The second-order valence-corrected chi connectivity index (χ2v) is 7.10. The monoisotopic (exact) mass is 423 g/mol. The van der Waals surface area contributed by atoms with Gasteiger partial charge >= 0.3 is 5.97 Å². The molecule has 0 atom stereocenters. The highest BCUT2D eigenvalue weighted by Gasteiger charge is 2.29. The van der Waals surface area contributed by atoms with Crippen LogP contribution in [-0.2, 0) is 9.53 Å². The van der Waals surface area contributed by atoms with Crippen molar-refractivity contribution in [2.24, 2.45) is 5.92 Å². The van der Waals surface area contributed by atoms with E-state index in [1.807, 2.05) is 0 Å². The van der Waals surface area contributed by atoms with E-state index in [1.54, 1.807) is 24.3 Å². The summed E-state index contributed by atoms with van der Waals surface area (Å²) < 4.78 is 37.5. The second-order valence-electron chi connectivity index (χ2n) is 6.66. The van der Waals surface area contributed by atoms with Crippen molar-refractivity contribution in [3.8, 4) is 5.75 Å². The van der Waals surface area contributed by atoms with E-state index in [-0.39, 0.29) is 30.7 Å². The molecular formula is C21H20ClF2NO4. The highest BCUT2D eigenvalue weighted by Crippen LogP contribution is 2.22. The summed E-state index contributed by atoms with van der Waals surface area (Å²) in [6.45, 7) is 0.904. The van der Waals surface area contributed by atoms with E-state index < -0.39 is 17.5 Å². The Morgan fingerprint density at radius 1 is 1.07 bits per heavy atom. The van der Waals surface area contributed by atoms with Gasteiger partial charge < -0.3 is 14.4 Å². The Bertz CT molecular complexity index is 885. The Morgan fingerprint density at radius 2 is 1.83 bits per heavy atom. The molecule has 5 nitrogen and oxygen atoms in total. The molecule has 0 aliphatic carbocycles. The van der Waals surface area contributed by atoms with Gasteiger partial charge in [0.05, 0.1) is 11.5 Å². The van der Waals surface area contributed by atoms with Crippen LogP contribution >= 0.6 is 11.6 Å². The van der Waals surface area contributed by atoms with Crippen LogP contribution in [0.15, 0.2) is 42.5 Å². The van der Waals surface area contributed by atoms with Crippen molar-refractivity contribution >= 4 is 23.5 Å². The zero-order valence-corrected chi connectivity index (χ0v) is 16.3. The van der Waals surface area contributed by atoms with Crippen molar-refractivity contribution in [3.63, 3.8) is 0 Å². The van der Waals surface area contributed by atoms with Crippen LogP contribution in [0.25, 0.3) is 0 Å². The molecule has 3 rings (SSSR count). The molecule has 1 amide bonds. The predicted molar refractivity (Wildman–Crippen MR) is 103 cm³/mol. The van der Waals surface area contributed by atoms with Crippen LogP contribution in [0.3, 0.4) is 0 Å². The lowest BCUT2D eigenvalue weighted by molar-refractivity contribution is -0.150. The number of ether oxygens (including phenoxy) is 2. The number of benzene rings is 2. The first-order chi connectivity index (χ1) is 13.9. The number of esters is 1. The SMILES string of the molecule is O=C(OCCOc1cccc(Cl)c1)C1CCN(C(=O)c2ccc(F)cc2F)CC1. The third-order valence-electron chi connectivity index (χ3n) is 4.67. The van der Waals surface area contributed by atoms with E-state index >= 15 is 0 Å². The molecule has 1 aliphatic heterocycles. The molecule has 154 valence electrons. The Labute approximate surface area is 172 Å². The topological polar surface area (TPSA) is 55.8 Å². The molecule has 0 saturated carbocycles. The van der Waals surface area contributed by atoms with Gasteiger partial charge in [0.15, 0.2) is 0 Å². The molecule has 2 aromatic carbocycles. The van der Waals surface area contributed by atoms with Crippen molar-refractivity contribution in [2.75, 3.05) is 26.3 Å². The van der Waals surface area contributed by atoms with Gasteiger partial charge in [-0.3, -0.25) is 9.59 Å². The molecule has 2 aromatic rings. The van der Waals surface area contributed by atoms with Crippen LogP contribution < -0.4 is 4.74 Å². The average molecular weight is 424 g/mol. The van der Waals surface area contributed by atoms with Crippen molar-refractivity contribution in [1.82, 2.24) is 4.90 Å². The van der Waals surface area contributed by atoms with Crippen molar-refractivity contribution < 1.29 is 27.8 Å². The predicted octanol–water partition coefficient (Wildman–Crippen LogP) is 4.09. The van der Waals surface area contributed by atoms with E-state index in [9.17, 15) is 18.4 Å². The molecule has 0 aromatic heterocycles. The molecule has 0 radical (unpaired) electrons. The fourth-order valence-corrected chi connectivity index (χ4v) is 3.31. The quantitative estimate of drug-likeness (QED) is 0.518. The molecule has 0 unspecified atom stereocenters. The van der Waals surface area contributed by atoms with E-state index in [0.29, 0.717) is 42.8 Å². The number of piperidine rings is 1. The van der Waals surface area contributed by atoms with Crippen LogP contribution in [0.1, 0.15) is 23.2 Å². The number of carbonyl (C=O) groups is 2. The smallest absolute Gasteiger partial charge is 0.309 e. The standard InChI is InChI=1S/C21H20ClF2NO4/c22-15-2-1-3-17(12-15)28-10-11-29-21(27)14-6-8-25(9-7-14)20(26)18-5-4-16(23)13-19(18)24/h1-5,12-14H,6-11H2. The highest BCUT2D eigenvalue weighted by molar-refractivity contribution is 6.30. The number of carbonyl (C=O) groups excluding carboxylic acids is 2. The lowest BCUT2D eigenvalue weighted by atomic mass is 9.96. The minimum Gasteiger partial charge on any atom is -0.490 e. The van der Waals surface area contributed by atoms with Crippen molar-refractivity contribution in [3.05, 3.63) is 64.7 Å². The molecule has 1 heterocycles. The van der Waals surface area contributed by atoms with Crippen LogP contribution in [0.2, 0.25) is 5.02 Å². The van der Waals surface area contributed by atoms with Gasteiger partial charge in [-0.05, 0) is 43.2 Å². The minimum absolute atomic E-state index is 0.102. The van der Waals surface area contributed by atoms with Gasteiger partial charge in [0.1, 0.15) is 30.6 Å². The number of amides is 1. The Morgan fingerprint density at radius 3 is 2.52 bits per heavy atom. The molecule has 1 saturated heterocycles. The van der Waals surface area contributed by atoms with Gasteiger partial charge in [0.2, 0.25) is 0 Å². The van der Waals surface area contributed by atoms with Gasteiger partial charge in [-0.25, -0.2) is 8.78 Å². The molecule has 1 aliphatic rings.